The van der Waals surface area contributed by atoms with Crippen molar-refractivity contribution in [2.75, 3.05) is 19.9 Å². The lowest BCUT2D eigenvalue weighted by Crippen LogP contribution is -2.49. The van der Waals surface area contributed by atoms with E-state index >= 15 is 0 Å². The molecule has 2 aliphatic rings. The molecule has 1 saturated heterocycles. The summed E-state index contributed by atoms with van der Waals surface area (Å²) in [6.45, 7) is 6.87. The van der Waals surface area contributed by atoms with E-state index < -0.39 is 65.3 Å². The highest BCUT2D eigenvalue weighted by Gasteiger charge is 2.44. The van der Waals surface area contributed by atoms with Crippen LogP contribution in [-0.2, 0) is 20.9 Å². The maximum Gasteiger partial charge on any atom is 0.511 e. The number of pyridine rings is 1. The third kappa shape index (κ3) is 10.0. The van der Waals surface area contributed by atoms with Crippen molar-refractivity contribution < 1.29 is 42.2 Å². The Balaban J connectivity index is 1.55. The molecule has 4 rings (SSSR count). The molecular formula is C36H48F2N4O8. The van der Waals surface area contributed by atoms with E-state index in [4.69, 9.17) is 19.0 Å². The fourth-order valence-corrected chi connectivity index (χ4v) is 6.11. The van der Waals surface area contributed by atoms with Gasteiger partial charge in [-0.3, -0.25) is 14.4 Å². The number of aromatic nitrogens is 1. The summed E-state index contributed by atoms with van der Waals surface area (Å²) < 4.78 is 45.1. The number of fused-ring (bicyclic) bond motifs is 4. The SMILES string of the molecule is CCCCCCCCCCOC(=O)OCOc1c2n(cc(C(=O)NCc3ccc(F)cc3F)c1=O)[C@@H]1CN(C2=O)[C@@H](C)CC[C@H]1ON=C(C)C. The van der Waals surface area contributed by atoms with Crippen LogP contribution in [0.3, 0.4) is 0 Å². The predicted molar refractivity (Wildman–Crippen MR) is 181 cm³/mol. The first-order valence-electron chi connectivity index (χ1n) is 17.4. The number of carbonyl (C=O) groups is 3. The normalized spacial score (nSPS) is 18.1. The van der Waals surface area contributed by atoms with Gasteiger partial charge in [-0.25, -0.2) is 13.6 Å². The molecule has 2 aliphatic heterocycles. The molecule has 2 amide bonds. The molecule has 2 bridgehead atoms. The topological polar surface area (TPSA) is 138 Å². The minimum atomic E-state index is -1.00. The monoisotopic (exact) mass is 702 g/mol. The van der Waals surface area contributed by atoms with Crippen molar-refractivity contribution in [1.82, 2.24) is 14.8 Å². The quantitative estimate of drug-likeness (QED) is 0.0637. The first kappa shape index (κ1) is 38.3. The van der Waals surface area contributed by atoms with Gasteiger partial charge in [-0.15, -0.1) is 0 Å². The second-order valence-corrected chi connectivity index (χ2v) is 13.0. The third-order valence-electron chi connectivity index (χ3n) is 8.89. The molecular weight excluding hydrogens is 654 g/mol. The van der Waals surface area contributed by atoms with E-state index in [0.29, 0.717) is 31.0 Å². The molecule has 1 N–H and O–H groups in total. The molecule has 0 aliphatic carbocycles. The van der Waals surface area contributed by atoms with Gasteiger partial charge in [0.2, 0.25) is 18.0 Å². The number of oxime groups is 1. The average Bonchev–Trinajstić information content (AvgIpc) is 3.22. The lowest BCUT2D eigenvalue weighted by Gasteiger charge is -2.38. The Kier molecular flexibility index (Phi) is 14.2. The maximum absolute atomic E-state index is 14.3. The van der Waals surface area contributed by atoms with Gasteiger partial charge >= 0.3 is 6.16 Å². The average molecular weight is 703 g/mol. The summed E-state index contributed by atoms with van der Waals surface area (Å²) in [4.78, 5) is 61.0. The molecule has 1 aromatic carbocycles. The Labute approximate surface area is 291 Å². The van der Waals surface area contributed by atoms with Gasteiger partial charge in [0.1, 0.15) is 23.3 Å². The van der Waals surface area contributed by atoms with Gasteiger partial charge in [0, 0.05) is 37.0 Å². The Morgan fingerprint density at radius 3 is 2.42 bits per heavy atom. The predicted octanol–water partition coefficient (Wildman–Crippen LogP) is 6.65. The first-order valence-corrected chi connectivity index (χ1v) is 17.4. The van der Waals surface area contributed by atoms with Crippen LogP contribution >= 0.6 is 0 Å². The number of nitrogens with zero attached hydrogens (tertiary/aromatic N) is 3. The van der Waals surface area contributed by atoms with Crippen LogP contribution in [0.25, 0.3) is 0 Å². The molecule has 274 valence electrons. The largest absolute Gasteiger partial charge is 0.511 e. The van der Waals surface area contributed by atoms with Crippen LogP contribution in [0.15, 0.2) is 34.3 Å². The minimum absolute atomic E-state index is 0.00184. The molecule has 0 spiro atoms. The van der Waals surface area contributed by atoms with E-state index in [0.717, 1.165) is 25.3 Å². The summed E-state index contributed by atoms with van der Waals surface area (Å²) in [7, 11) is 0. The van der Waals surface area contributed by atoms with E-state index in [-0.39, 0.29) is 37.0 Å². The number of hydrogen-bond acceptors (Lipinski definition) is 9. The van der Waals surface area contributed by atoms with Crippen LogP contribution in [0.4, 0.5) is 13.6 Å². The number of benzene rings is 1. The molecule has 0 unspecified atom stereocenters. The molecule has 14 heteroatoms. The fourth-order valence-electron chi connectivity index (χ4n) is 6.11. The fraction of sp³-hybridized carbons (Fsp3) is 0.583. The van der Waals surface area contributed by atoms with Gasteiger partial charge in [-0.2, -0.15) is 0 Å². The molecule has 3 heterocycles. The van der Waals surface area contributed by atoms with Crippen molar-refractivity contribution in [1.29, 1.82) is 0 Å². The molecule has 50 heavy (non-hydrogen) atoms. The molecule has 1 aromatic heterocycles. The molecule has 12 nitrogen and oxygen atoms in total. The van der Waals surface area contributed by atoms with E-state index in [1.165, 1.54) is 42.5 Å². The van der Waals surface area contributed by atoms with Crippen molar-refractivity contribution >= 4 is 23.7 Å². The van der Waals surface area contributed by atoms with Gasteiger partial charge < -0.3 is 33.8 Å². The van der Waals surface area contributed by atoms with Gasteiger partial charge in [0.25, 0.3) is 11.8 Å². The van der Waals surface area contributed by atoms with Crippen molar-refractivity contribution in [3.8, 4) is 5.75 Å². The Morgan fingerprint density at radius 2 is 1.72 bits per heavy atom. The summed E-state index contributed by atoms with van der Waals surface area (Å²) >= 11 is 0. The lowest BCUT2D eigenvalue weighted by molar-refractivity contribution is -0.000813. The van der Waals surface area contributed by atoms with E-state index in [1.807, 2.05) is 6.92 Å². The van der Waals surface area contributed by atoms with Gasteiger partial charge in [-0.1, -0.05) is 63.1 Å². The van der Waals surface area contributed by atoms with Crippen molar-refractivity contribution in [2.24, 2.45) is 5.16 Å². The van der Waals surface area contributed by atoms with Crippen LogP contribution in [-0.4, -0.2) is 65.2 Å². The van der Waals surface area contributed by atoms with Crippen molar-refractivity contribution in [3.63, 3.8) is 0 Å². The zero-order chi connectivity index (χ0) is 36.2. The second kappa shape index (κ2) is 18.5. The number of halogens is 2. The molecule has 1 fully saturated rings. The smallest absolute Gasteiger partial charge is 0.451 e. The molecule has 0 saturated carbocycles. The van der Waals surface area contributed by atoms with Crippen LogP contribution in [0.1, 0.15) is 124 Å². The van der Waals surface area contributed by atoms with Crippen LogP contribution in [0.2, 0.25) is 0 Å². The minimum Gasteiger partial charge on any atom is -0.451 e. The highest BCUT2D eigenvalue weighted by molar-refractivity contribution is 5.99. The van der Waals surface area contributed by atoms with Crippen LogP contribution in [0, 0.1) is 11.6 Å². The lowest BCUT2D eigenvalue weighted by atomic mass is 10.0. The zero-order valence-corrected chi connectivity index (χ0v) is 29.3. The Morgan fingerprint density at radius 1 is 1.00 bits per heavy atom. The number of unbranched alkanes of at least 4 members (excludes halogenated alkanes) is 7. The van der Waals surface area contributed by atoms with Crippen LogP contribution < -0.4 is 15.5 Å². The first-order chi connectivity index (χ1) is 24.0. The highest BCUT2D eigenvalue weighted by atomic mass is 19.1. The number of hydrogen-bond donors (Lipinski definition) is 1. The summed E-state index contributed by atoms with van der Waals surface area (Å²) in [6, 6.07) is 2.14. The van der Waals surface area contributed by atoms with Gasteiger partial charge in [0.05, 0.1) is 18.4 Å². The molecule has 3 atom stereocenters. The Bertz CT molecular complexity index is 1590. The summed E-state index contributed by atoms with van der Waals surface area (Å²) in [5, 5.41) is 6.64. The molecule has 0 radical (unpaired) electrons. The van der Waals surface area contributed by atoms with Crippen molar-refractivity contribution in [2.45, 2.75) is 117 Å². The van der Waals surface area contributed by atoms with Gasteiger partial charge in [-0.05, 0) is 46.1 Å². The number of rotatable bonds is 17. The van der Waals surface area contributed by atoms with Gasteiger partial charge in [0.15, 0.2) is 5.69 Å². The summed E-state index contributed by atoms with van der Waals surface area (Å²) in [6.07, 6.45) is 9.42. The van der Waals surface area contributed by atoms with Crippen molar-refractivity contribution in [3.05, 3.63) is 63.1 Å². The van der Waals surface area contributed by atoms with E-state index in [2.05, 4.69) is 17.4 Å². The van der Waals surface area contributed by atoms with Crippen LogP contribution in [0.5, 0.6) is 5.75 Å². The number of ether oxygens (including phenoxy) is 3. The standard InChI is InChI=1S/C36H48F2N4O8/c1-5-6-7-8-9-10-11-12-17-47-36(46)49-22-48-33-31-35(45)41-21-29(30(16-13-24(41)4)50-40-23(2)3)42(31)20-27(32(33)43)34(44)39-19-25-14-15-26(37)18-28(25)38/h14-15,18,20,24,29-30H,5-13,16-17,19,21-22H2,1-4H3,(H,39,44)/t24-,29+,30+/m0/s1. The third-order valence-corrected chi connectivity index (χ3v) is 8.89. The highest BCUT2D eigenvalue weighted by Crippen LogP contribution is 2.36. The number of nitrogens with one attached hydrogen (secondary N) is 1. The zero-order valence-electron chi connectivity index (χ0n) is 29.3. The molecule has 2 aromatic rings. The number of carbonyl (C=O) groups excluding carboxylic acids is 3. The summed E-state index contributed by atoms with van der Waals surface area (Å²) in [5.41, 5.74) is -0.809. The Hall–Kier alpha value is -4.49. The summed E-state index contributed by atoms with van der Waals surface area (Å²) in [5.74, 6) is -3.53. The second-order valence-electron chi connectivity index (χ2n) is 13.0. The van der Waals surface area contributed by atoms with E-state index in [1.54, 1.807) is 18.7 Å². The number of amides is 2. The van der Waals surface area contributed by atoms with E-state index in [9.17, 15) is 28.0 Å². The maximum atomic E-state index is 14.3.